The molecule has 3 N–H and O–H groups in total. The van der Waals surface area contributed by atoms with Crippen molar-refractivity contribution in [3.8, 4) is 0 Å². The van der Waals surface area contributed by atoms with E-state index < -0.39 is 0 Å². The Morgan fingerprint density at radius 3 is 2.47 bits per heavy atom. The smallest absolute Gasteiger partial charge is 0.0681 e. The van der Waals surface area contributed by atoms with Crippen LogP contribution in [0.3, 0.4) is 0 Å². The van der Waals surface area contributed by atoms with Gasteiger partial charge >= 0.3 is 0 Å². The normalized spacial score (nSPS) is 26.6. The first-order valence-corrected chi connectivity index (χ1v) is 7.83. The summed E-state index contributed by atoms with van der Waals surface area (Å²) in [5.74, 6) is 6.11. The van der Waals surface area contributed by atoms with E-state index in [1.165, 1.54) is 0 Å². The highest BCUT2D eigenvalue weighted by Gasteiger charge is 2.49. The summed E-state index contributed by atoms with van der Waals surface area (Å²) in [6, 6.07) is 0.0305. The Hall–Kier alpha value is -0.130. The Morgan fingerprint density at radius 2 is 2.11 bits per heavy atom. The zero-order valence-corrected chi connectivity index (χ0v) is 13.8. The topological polar surface area (TPSA) is 47.3 Å². The van der Waals surface area contributed by atoms with E-state index in [1.54, 1.807) is 11.3 Å². The Bertz CT molecular complexity index is 470. The van der Waals surface area contributed by atoms with Crippen LogP contribution in [0.1, 0.15) is 50.6 Å². The monoisotopic (exact) mass is 302 g/mol. The molecule has 3 nitrogen and oxygen atoms in total. The van der Waals surface area contributed by atoms with E-state index in [4.69, 9.17) is 22.2 Å². The molecule has 0 amide bonds. The molecule has 2 atom stereocenters. The summed E-state index contributed by atoms with van der Waals surface area (Å²) < 4.78 is 6.17. The predicted molar refractivity (Wildman–Crippen MR) is 81.5 cm³/mol. The van der Waals surface area contributed by atoms with Crippen LogP contribution in [0.25, 0.3) is 0 Å². The summed E-state index contributed by atoms with van der Waals surface area (Å²) in [7, 11) is 0. The number of rotatable bonds is 3. The molecule has 0 aliphatic carbocycles. The van der Waals surface area contributed by atoms with E-state index in [0.717, 1.165) is 21.9 Å². The van der Waals surface area contributed by atoms with Crippen LogP contribution in [-0.2, 0) is 4.74 Å². The molecule has 1 aliphatic heterocycles. The quantitative estimate of drug-likeness (QED) is 0.659. The van der Waals surface area contributed by atoms with E-state index in [2.05, 4.69) is 38.5 Å². The minimum Gasteiger partial charge on any atom is -0.369 e. The molecule has 108 valence electrons. The van der Waals surface area contributed by atoms with Gasteiger partial charge in [0.05, 0.1) is 22.3 Å². The molecule has 5 heteroatoms. The molecule has 1 aliphatic rings. The Labute approximate surface area is 124 Å². The molecule has 1 fully saturated rings. The van der Waals surface area contributed by atoms with Gasteiger partial charge in [-0.1, -0.05) is 11.6 Å². The summed E-state index contributed by atoms with van der Waals surface area (Å²) in [6.07, 6.45) is 0.960. The fourth-order valence-electron chi connectivity index (χ4n) is 3.16. The summed E-state index contributed by atoms with van der Waals surface area (Å²) >= 11 is 8.07. The lowest BCUT2D eigenvalue weighted by atomic mass is 9.81. The van der Waals surface area contributed by atoms with E-state index in [-0.39, 0.29) is 17.2 Å². The number of nitrogens with one attached hydrogen (secondary N) is 1. The number of hydrogen-bond donors (Lipinski definition) is 2. The molecular formula is C14H23ClN2OS. The van der Waals surface area contributed by atoms with Crippen LogP contribution in [0.5, 0.6) is 0 Å². The van der Waals surface area contributed by atoms with Gasteiger partial charge in [0.1, 0.15) is 0 Å². The third-order valence-corrected chi connectivity index (χ3v) is 5.73. The zero-order valence-electron chi connectivity index (χ0n) is 12.2. The van der Waals surface area contributed by atoms with Crippen molar-refractivity contribution in [3.63, 3.8) is 0 Å². The maximum Gasteiger partial charge on any atom is 0.0681 e. The molecule has 0 bridgehead atoms. The first-order chi connectivity index (χ1) is 8.68. The van der Waals surface area contributed by atoms with Crippen LogP contribution in [0, 0.1) is 12.8 Å². The van der Waals surface area contributed by atoms with E-state index >= 15 is 0 Å². The number of hydrazine groups is 1. The van der Waals surface area contributed by atoms with Crippen molar-refractivity contribution in [2.45, 2.75) is 58.3 Å². The van der Waals surface area contributed by atoms with Gasteiger partial charge < -0.3 is 4.74 Å². The van der Waals surface area contributed by atoms with Gasteiger partial charge in [-0.3, -0.25) is 11.3 Å². The number of halogens is 1. The average Bonchev–Trinajstić information content (AvgIpc) is 2.69. The van der Waals surface area contributed by atoms with E-state index in [0.29, 0.717) is 5.92 Å². The van der Waals surface area contributed by atoms with Crippen LogP contribution in [0.4, 0.5) is 0 Å². The average molecular weight is 303 g/mol. The van der Waals surface area contributed by atoms with Crippen molar-refractivity contribution >= 4 is 22.9 Å². The van der Waals surface area contributed by atoms with E-state index in [1.807, 2.05) is 6.92 Å². The van der Waals surface area contributed by atoms with Crippen molar-refractivity contribution < 1.29 is 4.74 Å². The van der Waals surface area contributed by atoms with Gasteiger partial charge in [-0.25, -0.2) is 0 Å². The highest BCUT2D eigenvalue weighted by atomic mass is 35.5. The second-order valence-electron chi connectivity index (χ2n) is 6.52. The lowest BCUT2D eigenvalue weighted by Crippen LogP contribution is -2.41. The summed E-state index contributed by atoms with van der Waals surface area (Å²) in [6.45, 7) is 10.5. The van der Waals surface area contributed by atoms with Crippen molar-refractivity contribution in [2.24, 2.45) is 11.8 Å². The molecule has 2 rings (SSSR count). The van der Waals surface area contributed by atoms with Crippen LogP contribution in [0.15, 0.2) is 5.38 Å². The summed E-state index contributed by atoms with van der Waals surface area (Å²) in [4.78, 5) is 1.11. The van der Waals surface area contributed by atoms with Gasteiger partial charge in [-0.05, 0) is 52.0 Å². The molecule has 0 saturated carbocycles. The van der Waals surface area contributed by atoms with Crippen molar-refractivity contribution in [1.82, 2.24) is 5.43 Å². The lowest BCUT2D eigenvalue weighted by molar-refractivity contribution is -0.0777. The zero-order chi connectivity index (χ0) is 14.4. The molecule has 2 heterocycles. The lowest BCUT2D eigenvalue weighted by Gasteiger charge is -2.32. The summed E-state index contributed by atoms with van der Waals surface area (Å²) in [5.41, 5.74) is 3.72. The number of nitrogens with two attached hydrogens (primary N) is 1. The standard InChI is InChI=1S/C14H23ClN2OS/c1-8-7-19-12(10(8)15)11(17-16)9-6-13(2,3)18-14(9,4)5/h7,9,11,17H,6,16H2,1-5H3. The van der Waals surface area contributed by atoms with Crippen molar-refractivity contribution in [1.29, 1.82) is 0 Å². The Balaban J connectivity index is 2.35. The fourth-order valence-corrected chi connectivity index (χ4v) is 4.59. The molecule has 0 spiro atoms. The van der Waals surface area contributed by atoms with Crippen LogP contribution in [0.2, 0.25) is 5.02 Å². The fraction of sp³-hybridized carbons (Fsp3) is 0.714. The molecule has 0 aromatic carbocycles. The Morgan fingerprint density at radius 1 is 1.47 bits per heavy atom. The molecule has 1 aromatic rings. The number of aryl methyl sites for hydroxylation is 1. The van der Waals surface area contributed by atoms with E-state index in [9.17, 15) is 0 Å². The number of hydrogen-bond acceptors (Lipinski definition) is 4. The minimum absolute atomic E-state index is 0.0305. The van der Waals surface area contributed by atoms with Crippen LogP contribution < -0.4 is 11.3 Å². The van der Waals surface area contributed by atoms with Crippen LogP contribution in [-0.4, -0.2) is 11.2 Å². The Kier molecular flexibility index (Phi) is 4.02. The van der Waals surface area contributed by atoms with Gasteiger partial charge in [0.25, 0.3) is 0 Å². The molecular weight excluding hydrogens is 280 g/mol. The highest BCUT2D eigenvalue weighted by Crippen LogP contribution is 2.49. The molecule has 1 aromatic heterocycles. The second-order valence-corrected chi connectivity index (χ2v) is 7.81. The molecule has 2 unspecified atom stereocenters. The van der Waals surface area contributed by atoms with Crippen LogP contribution >= 0.6 is 22.9 Å². The maximum atomic E-state index is 6.40. The second kappa shape index (κ2) is 5.01. The van der Waals surface area contributed by atoms with Gasteiger partial charge in [-0.2, -0.15) is 0 Å². The van der Waals surface area contributed by atoms with Crippen molar-refractivity contribution in [2.75, 3.05) is 0 Å². The molecule has 19 heavy (non-hydrogen) atoms. The maximum absolute atomic E-state index is 6.40. The van der Waals surface area contributed by atoms with Crippen molar-refractivity contribution in [3.05, 3.63) is 20.8 Å². The van der Waals surface area contributed by atoms with Gasteiger partial charge in [0, 0.05) is 10.8 Å². The van der Waals surface area contributed by atoms with Gasteiger partial charge in [0.2, 0.25) is 0 Å². The van der Waals surface area contributed by atoms with Gasteiger partial charge in [0.15, 0.2) is 0 Å². The number of thiophene rings is 1. The first kappa shape index (κ1) is 15.3. The van der Waals surface area contributed by atoms with Gasteiger partial charge in [-0.15, -0.1) is 11.3 Å². The minimum atomic E-state index is -0.220. The highest BCUT2D eigenvalue weighted by molar-refractivity contribution is 7.10. The molecule has 0 radical (unpaired) electrons. The first-order valence-electron chi connectivity index (χ1n) is 6.58. The largest absolute Gasteiger partial charge is 0.369 e. The SMILES string of the molecule is Cc1csc(C(NN)C2CC(C)(C)OC2(C)C)c1Cl. The molecule has 1 saturated heterocycles. The number of ether oxygens (including phenoxy) is 1. The summed E-state index contributed by atoms with van der Waals surface area (Å²) in [5, 5.41) is 2.91. The third-order valence-electron chi connectivity index (χ3n) is 3.93. The third kappa shape index (κ3) is 2.83. The predicted octanol–water partition coefficient (Wildman–Crippen LogP) is 3.81.